The van der Waals surface area contributed by atoms with Gasteiger partial charge in [0.1, 0.15) is 5.82 Å². The standard InChI is InChI=1S/C19H18FNO/c1-19(2,3)18(22)21-17-12-11-16(20)13-15(17)10-9-14-7-5-4-6-8-14/h4-8,11-13H,1-3H3,(H,21,22). The van der Waals surface area contributed by atoms with Gasteiger partial charge in [-0.2, -0.15) is 0 Å². The summed E-state index contributed by atoms with van der Waals surface area (Å²) in [5, 5.41) is 2.81. The number of rotatable bonds is 1. The zero-order chi connectivity index (χ0) is 16.2. The lowest BCUT2D eigenvalue weighted by Crippen LogP contribution is -2.27. The number of carbonyl (C=O) groups is 1. The maximum absolute atomic E-state index is 13.5. The van der Waals surface area contributed by atoms with Crippen LogP contribution in [0, 0.1) is 23.1 Å². The van der Waals surface area contributed by atoms with Crippen molar-refractivity contribution in [3.8, 4) is 11.8 Å². The molecule has 0 unspecified atom stereocenters. The molecule has 2 rings (SSSR count). The fraction of sp³-hybridized carbons (Fsp3) is 0.211. The Morgan fingerprint density at radius 2 is 1.73 bits per heavy atom. The average Bonchev–Trinajstić information content (AvgIpc) is 2.47. The molecule has 0 aromatic heterocycles. The molecule has 2 nitrogen and oxygen atoms in total. The van der Waals surface area contributed by atoms with E-state index in [1.807, 2.05) is 51.1 Å². The molecule has 0 aliphatic heterocycles. The Balaban J connectivity index is 2.33. The summed E-state index contributed by atoms with van der Waals surface area (Å²) in [6.07, 6.45) is 0. The zero-order valence-electron chi connectivity index (χ0n) is 12.9. The van der Waals surface area contributed by atoms with E-state index in [0.29, 0.717) is 11.3 Å². The number of hydrogen-bond donors (Lipinski definition) is 1. The normalized spacial score (nSPS) is 10.5. The molecule has 0 fully saturated rings. The molecule has 1 amide bonds. The summed E-state index contributed by atoms with van der Waals surface area (Å²) in [5.41, 5.74) is 1.28. The topological polar surface area (TPSA) is 29.1 Å². The monoisotopic (exact) mass is 295 g/mol. The lowest BCUT2D eigenvalue weighted by Gasteiger charge is -2.18. The first-order valence-electron chi connectivity index (χ1n) is 7.04. The second kappa shape index (κ2) is 6.44. The highest BCUT2D eigenvalue weighted by molar-refractivity contribution is 5.95. The molecule has 2 aromatic carbocycles. The molecule has 112 valence electrons. The van der Waals surface area contributed by atoms with Gasteiger partial charge < -0.3 is 5.32 Å². The Morgan fingerprint density at radius 1 is 1.05 bits per heavy atom. The Morgan fingerprint density at radius 3 is 2.36 bits per heavy atom. The second-order valence-electron chi connectivity index (χ2n) is 6.01. The summed E-state index contributed by atoms with van der Waals surface area (Å²) in [5.74, 6) is 5.37. The summed E-state index contributed by atoms with van der Waals surface area (Å²) in [6.45, 7) is 5.46. The van der Waals surface area contributed by atoms with Crippen LogP contribution in [0.15, 0.2) is 48.5 Å². The van der Waals surface area contributed by atoms with E-state index >= 15 is 0 Å². The lowest BCUT2D eigenvalue weighted by molar-refractivity contribution is -0.123. The summed E-state index contributed by atoms with van der Waals surface area (Å²) in [7, 11) is 0. The molecule has 2 aromatic rings. The summed E-state index contributed by atoms with van der Waals surface area (Å²) < 4.78 is 13.5. The largest absolute Gasteiger partial charge is 0.325 e. The van der Waals surface area contributed by atoms with Gasteiger partial charge in [-0.25, -0.2) is 4.39 Å². The van der Waals surface area contributed by atoms with E-state index in [2.05, 4.69) is 17.2 Å². The van der Waals surface area contributed by atoms with Crippen molar-refractivity contribution in [1.29, 1.82) is 0 Å². The van der Waals surface area contributed by atoms with Crippen molar-refractivity contribution < 1.29 is 9.18 Å². The third kappa shape index (κ3) is 4.20. The molecule has 0 aliphatic rings. The minimum absolute atomic E-state index is 0.137. The molecular formula is C19H18FNO. The van der Waals surface area contributed by atoms with Gasteiger partial charge in [0.05, 0.1) is 11.3 Å². The number of hydrogen-bond acceptors (Lipinski definition) is 1. The zero-order valence-corrected chi connectivity index (χ0v) is 12.9. The van der Waals surface area contributed by atoms with Crippen molar-refractivity contribution >= 4 is 11.6 Å². The van der Waals surface area contributed by atoms with Crippen molar-refractivity contribution in [1.82, 2.24) is 0 Å². The fourth-order valence-corrected chi connectivity index (χ4v) is 1.70. The minimum Gasteiger partial charge on any atom is -0.325 e. The van der Waals surface area contributed by atoms with Gasteiger partial charge >= 0.3 is 0 Å². The number of benzene rings is 2. The van der Waals surface area contributed by atoms with E-state index in [9.17, 15) is 9.18 Å². The third-order valence-electron chi connectivity index (χ3n) is 3.03. The van der Waals surface area contributed by atoms with Crippen molar-refractivity contribution in [3.63, 3.8) is 0 Å². The van der Waals surface area contributed by atoms with Crippen LogP contribution < -0.4 is 5.32 Å². The Kier molecular flexibility index (Phi) is 4.62. The molecule has 0 saturated carbocycles. The molecule has 0 heterocycles. The number of anilines is 1. The predicted octanol–water partition coefficient (Wildman–Crippen LogP) is 4.21. The maximum Gasteiger partial charge on any atom is 0.229 e. The van der Waals surface area contributed by atoms with E-state index in [-0.39, 0.29) is 11.7 Å². The first kappa shape index (κ1) is 15.8. The molecule has 0 spiro atoms. The van der Waals surface area contributed by atoms with Crippen LogP contribution in [0.25, 0.3) is 0 Å². The van der Waals surface area contributed by atoms with E-state index in [0.717, 1.165) is 5.56 Å². The van der Waals surface area contributed by atoms with E-state index < -0.39 is 5.41 Å². The summed E-state index contributed by atoms with van der Waals surface area (Å²) >= 11 is 0. The van der Waals surface area contributed by atoms with E-state index in [4.69, 9.17) is 0 Å². The molecule has 0 radical (unpaired) electrons. The van der Waals surface area contributed by atoms with Gasteiger partial charge in [0.2, 0.25) is 5.91 Å². The highest BCUT2D eigenvalue weighted by Crippen LogP contribution is 2.21. The van der Waals surface area contributed by atoms with Crippen molar-refractivity contribution in [3.05, 3.63) is 65.5 Å². The van der Waals surface area contributed by atoms with Crippen molar-refractivity contribution in [2.45, 2.75) is 20.8 Å². The number of carbonyl (C=O) groups excluding carboxylic acids is 1. The van der Waals surface area contributed by atoms with Crippen LogP contribution in [0.3, 0.4) is 0 Å². The van der Waals surface area contributed by atoms with E-state index in [1.54, 1.807) is 0 Å². The van der Waals surface area contributed by atoms with Crippen LogP contribution >= 0.6 is 0 Å². The van der Waals surface area contributed by atoms with Crippen LogP contribution in [-0.4, -0.2) is 5.91 Å². The van der Waals surface area contributed by atoms with Crippen molar-refractivity contribution in [2.75, 3.05) is 5.32 Å². The molecule has 22 heavy (non-hydrogen) atoms. The van der Waals surface area contributed by atoms with Crippen LogP contribution in [0.4, 0.5) is 10.1 Å². The average molecular weight is 295 g/mol. The number of amides is 1. The highest BCUT2D eigenvalue weighted by Gasteiger charge is 2.21. The van der Waals surface area contributed by atoms with Crippen LogP contribution in [0.2, 0.25) is 0 Å². The quantitative estimate of drug-likeness (QED) is 0.785. The predicted molar refractivity (Wildman–Crippen MR) is 86.9 cm³/mol. The first-order valence-corrected chi connectivity index (χ1v) is 7.04. The number of halogens is 1. The van der Waals surface area contributed by atoms with Gasteiger partial charge in [-0.05, 0) is 30.3 Å². The summed E-state index contributed by atoms with van der Waals surface area (Å²) in [6, 6.07) is 13.6. The van der Waals surface area contributed by atoms with Gasteiger partial charge in [0.15, 0.2) is 0 Å². The van der Waals surface area contributed by atoms with Gasteiger partial charge in [-0.1, -0.05) is 50.8 Å². The summed E-state index contributed by atoms with van der Waals surface area (Å²) in [4.78, 5) is 12.1. The molecular weight excluding hydrogens is 277 g/mol. The molecule has 0 atom stereocenters. The smallest absolute Gasteiger partial charge is 0.229 e. The third-order valence-corrected chi connectivity index (χ3v) is 3.03. The second-order valence-corrected chi connectivity index (χ2v) is 6.01. The Bertz CT molecular complexity index is 734. The van der Waals surface area contributed by atoms with Gasteiger partial charge in [0, 0.05) is 11.0 Å². The van der Waals surface area contributed by atoms with Crippen LogP contribution in [-0.2, 0) is 4.79 Å². The molecule has 0 saturated heterocycles. The molecule has 0 bridgehead atoms. The van der Waals surface area contributed by atoms with Crippen LogP contribution in [0.1, 0.15) is 31.9 Å². The molecule has 1 N–H and O–H groups in total. The Labute approximate surface area is 130 Å². The van der Waals surface area contributed by atoms with Gasteiger partial charge in [-0.3, -0.25) is 4.79 Å². The van der Waals surface area contributed by atoms with Gasteiger partial charge in [-0.15, -0.1) is 0 Å². The fourth-order valence-electron chi connectivity index (χ4n) is 1.70. The SMILES string of the molecule is CC(C)(C)C(=O)Nc1ccc(F)cc1C#Cc1ccccc1. The van der Waals surface area contributed by atoms with Gasteiger partial charge in [0.25, 0.3) is 0 Å². The van der Waals surface area contributed by atoms with Crippen molar-refractivity contribution in [2.24, 2.45) is 5.41 Å². The molecule has 0 aliphatic carbocycles. The lowest BCUT2D eigenvalue weighted by atomic mass is 9.95. The van der Waals surface area contributed by atoms with Crippen LogP contribution in [0.5, 0.6) is 0 Å². The first-order chi connectivity index (χ1) is 10.4. The number of nitrogens with one attached hydrogen (secondary N) is 1. The van der Waals surface area contributed by atoms with E-state index in [1.165, 1.54) is 18.2 Å². The minimum atomic E-state index is -0.529. The maximum atomic E-state index is 13.5. The Hall–Kier alpha value is -2.60. The molecule has 3 heteroatoms. The highest BCUT2D eigenvalue weighted by atomic mass is 19.1.